The topological polar surface area (TPSA) is 164 Å². The maximum absolute atomic E-state index is 13.1. The monoisotopic (exact) mass is 526 g/mol. The van der Waals surface area contributed by atoms with Gasteiger partial charge in [0, 0.05) is 37.2 Å². The normalized spacial score (nSPS) is 20.3. The third-order valence-electron chi connectivity index (χ3n) is 5.76. The van der Waals surface area contributed by atoms with Crippen LogP contribution in [0.2, 0.25) is 0 Å². The summed E-state index contributed by atoms with van der Waals surface area (Å²) in [6.45, 7) is 6.92. The van der Waals surface area contributed by atoms with E-state index < -0.39 is 35.8 Å². The van der Waals surface area contributed by atoms with E-state index in [1.165, 1.54) is 17.3 Å². The lowest BCUT2D eigenvalue weighted by atomic mass is 10.0. The number of imide groups is 1. The lowest BCUT2D eigenvalue weighted by Gasteiger charge is -2.27. The number of anilines is 1. The Bertz CT molecular complexity index is 1180. The molecule has 2 heterocycles. The third-order valence-corrected chi connectivity index (χ3v) is 5.76. The van der Waals surface area contributed by atoms with Crippen molar-refractivity contribution in [1.29, 1.82) is 5.26 Å². The van der Waals surface area contributed by atoms with Crippen molar-refractivity contribution in [3.8, 4) is 6.07 Å². The average Bonchev–Trinajstić information content (AvgIpc) is 3.43. The minimum atomic E-state index is -1.11. The molecule has 1 saturated carbocycles. The Morgan fingerprint density at radius 3 is 2.42 bits per heavy atom. The molecule has 3 rings (SSSR count). The molecule has 3 amide bonds. The molecule has 1 aliphatic heterocycles. The van der Waals surface area contributed by atoms with Gasteiger partial charge in [0.1, 0.15) is 17.8 Å². The second-order valence-corrected chi connectivity index (χ2v) is 9.79. The van der Waals surface area contributed by atoms with Crippen LogP contribution in [0.15, 0.2) is 29.2 Å². The smallest absolute Gasteiger partial charge is 0.443 e. The van der Waals surface area contributed by atoms with E-state index >= 15 is 0 Å². The lowest BCUT2D eigenvalue weighted by molar-refractivity contribution is -0.178. The summed E-state index contributed by atoms with van der Waals surface area (Å²) in [5.74, 6) is -1.10. The number of carbonyl (C=O) groups is 4. The van der Waals surface area contributed by atoms with Gasteiger partial charge in [-0.1, -0.05) is 5.06 Å². The summed E-state index contributed by atoms with van der Waals surface area (Å²) in [5.41, 5.74) is 0.437. The number of hydrogen-bond donors (Lipinski definition) is 0. The summed E-state index contributed by atoms with van der Waals surface area (Å²) in [6.07, 6.45) is 3.56. The average molecular weight is 527 g/mol. The molecule has 0 bridgehead atoms. The van der Waals surface area contributed by atoms with E-state index in [9.17, 15) is 19.2 Å². The zero-order valence-corrected chi connectivity index (χ0v) is 22.0. The first-order valence-electron chi connectivity index (χ1n) is 12.1. The van der Waals surface area contributed by atoms with Crippen LogP contribution in [0, 0.1) is 17.2 Å². The second kappa shape index (κ2) is 11.8. The Morgan fingerprint density at radius 1 is 1.18 bits per heavy atom. The molecule has 0 unspecified atom stereocenters. The summed E-state index contributed by atoms with van der Waals surface area (Å²) in [4.78, 5) is 67.1. The van der Waals surface area contributed by atoms with Crippen molar-refractivity contribution in [2.24, 2.45) is 10.9 Å². The van der Waals surface area contributed by atoms with Crippen LogP contribution in [0.3, 0.4) is 0 Å². The molecule has 2 fully saturated rings. The summed E-state index contributed by atoms with van der Waals surface area (Å²) < 4.78 is 10.9. The molecule has 2 atom stereocenters. The highest BCUT2D eigenvalue weighted by Gasteiger charge is 2.36. The molecule has 13 nitrogen and oxygen atoms in total. The fourth-order valence-corrected chi connectivity index (χ4v) is 4.07. The molecule has 0 aromatic carbocycles. The van der Waals surface area contributed by atoms with Crippen molar-refractivity contribution in [3.05, 3.63) is 29.9 Å². The van der Waals surface area contributed by atoms with Gasteiger partial charge < -0.3 is 9.47 Å². The molecule has 1 saturated heterocycles. The molecular formula is C25H30N6O7. The van der Waals surface area contributed by atoms with Gasteiger partial charge in [-0.05, 0) is 53.0 Å². The van der Waals surface area contributed by atoms with Crippen LogP contribution in [0.25, 0.3) is 0 Å². The first-order valence-corrected chi connectivity index (χ1v) is 12.1. The van der Waals surface area contributed by atoms with Crippen LogP contribution in [-0.2, 0) is 23.9 Å². The first kappa shape index (κ1) is 28.2. The Kier molecular flexibility index (Phi) is 8.77. The number of amides is 3. The number of aliphatic imine (C=N–C) groups is 1. The number of nitriles is 1. The maximum atomic E-state index is 13.1. The minimum Gasteiger partial charge on any atom is -0.443 e. The summed E-state index contributed by atoms with van der Waals surface area (Å²) in [5, 5.41) is 9.47. The molecule has 0 N–H and O–H groups in total. The van der Waals surface area contributed by atoms with E-state index in [1.54, 1.807) is 40.8 Å². The van der Waals surface area contributed by atoms with Gasteiger partial charge in [-0.15, -0.1) is 0 Å². The fraction of sp³-hybridized carbons (Fsp3) is 0.520. The van der Waals surface area contributed by atoms with E-state index in [2.05, 4.69) is 15.0 Å². The quantitative estimate of drug-likeness (QED) is 0.304. The molecule has 0 radical (unpaired) electrons. The SMILES string of the molecule is C/N=C(\C=C(/C)N(C(=O)OC(C)(C)C)c1cnc(C#N)cn1)[C@H]1CC[C@@H](OC(=O)ON2C(=O)CCC2=O)C1. The largest absolute Gasteiger partial charge is 0.534 e. The number of hydroxylamine groups is 2. The maximum Gasteiger partial charge on any atom is 0.534 e. The zero-order valence-electron chi connectivity index (χ0n) is 22.0. The molecule has 38 heavy (non-hydrogen) atoms. The molecule has 202 valence electrons. The Morgan fingerprint density at radius 2 is 1.87 bits per heavy atom. The minimum absolute atomic E-state index is 0.00596. The van der Waals surface area contributed by atoms with Gasteiger partial charge in [-0.25, -0.2) is 24.5 Å². The van der Waals surface area contributed by atoms with Crippen molar-refractivity contribution in [2.45, 2.75) is 71.5 Å². The zero-order chi connectivity index (χ0) is 28.0. The highest BCUT2D eigenvalue weighted by Crippen LogP contribution is 2.31. The molecule has 1 aliphatic carbocycles. The Labute approximate surface area is 220 Å². The molecule has 1 aromatic rings. The van der Waals surface area contributed by atoms with Crippen LogP contribution in [-0.4, -0.2) is 63.6 Å². The molecule has 0 spiro atoms. The Balaban J connectivity index is 1.72. The molecule has 13 heteroatoms. The van der Waals surface area contributed by atoms with Gasteiger partial charge in [0.05, 0.1) is 12.4 Å². The standard InChI is InChI=1S/C25H30N6O7/c1-15(30(23(34)37-25(2,3)4)20-14-28-17(12-26)13-29-20)10-19(27-5)16-6-7-18(11-16)36-24(35)38-31-21(32)8-9-22(31)33/h10,13-14,16,18H,6-9,11H2,1-5H3/b15-10+,27-19+/t16-,18+/m0/s1. The summed E-state index contributed by atoms with van der Waals surface area (Å²) in [6, 6.07) is 1.89. The Hall–Kier alpha value is -4.34. The number of nitrogens with zero attached hydrogens (tertiary/aromatic N) is 6. The van der Waals surface area contributed by atoms with Gasteiger partial charge in [-0.2, -0.15) is 5.26 Å². The van der Waals surface area contributed by atoms with Crippen molar-refractivity contribution in [1.82, 2.24) is 15.0 Å². The number of ether oxygens (including phenoxy) is 2. The van der Waals surface area contributed by atoms with Gasteiger partial charge in [0.2, 0.25) is 0 Å². The van der Waals surface area contributed by atoms with Crippen LogP contribution >= 0.6 is 0 Å². The van der Waals surface area contributed by atoms with E-state index in [1.807, 2.05) is 6.07 Å². The fourth-order valence-electron chi connectivity index (χ4n) is 4.07. The highest BCUT2D eigenvalue weighted by molar-refractivity contribution is 6.01. The highest BCUT2D eigenvalue weighted by atomic mass is 16.8. The molecular weight excluding hydrogens is 496 g/mol. The van der Waals surface area contributed by atoms with E-state index in [0.29, 0.717) is 35.7 Å². The van der Waals surface area contributed by atoms with Crippen molar-refractivity contribution < 1.29 is 33.5 Å². The van der Waals surface area contributed by atoms with Crippen LogP contribution < -0.4 is 4.90 Å². The number of allylic oxidation sites excluding steroid dienone is 2. The molecule has 2 aliphatic rings. The van der Waals surface area contributed by atoms with Crippen molar-refractivity contribution in [2.75, 3.05) is 11.9 Å². The lowest BCUT2D eigenvalue weighted by Crippen LogP contribution is -2.36. The van der Waals surface area contributed by atoms with Gasteiger partial charge in [0.25, 0.3) is 11.8 Å². The number of carbonyl (C=O) groups excluding carboxylic acids is 4. The third kappa shape index (κ3) is 7.12. The summed E-state index contributed by atoms with van der Waals surface area (Å²) in [7, 11) is 1.62. The van der Waals surface area contributed by atoms with Gasteiger partial charge in [-0.3, -0.25) is 19.4 Å². The second-order valence-electron chi connectivity index (χ2n) is 9.79. The van der Waals surface area contributed by atoms with Crippen molar-refractivity contribution >= 4 is 35.6 Å². The predicted molar refractivity (Wildman–Crippen MR) is 132 cm³/mol. The van der Waals surface area contributed by atoms with E-state index in [4.69, 9.17) is 19.6 Å². The summed E-state index contributed by atoms with van der Waals surface area (Å²) >= 11 is 0. The van der Waals surface area contributed by atoms with Crippen LogP contribution in [0.1, 0.15) is 65.5 Å². The predicted octanol–water partition coefficient (Wildman–Crippen LogP) is 3.45. The van der Waals surface area contributed by atoms with E-state index in [0.717, 1.165) is 0 Å². The van der Waals surface area contributed by atoms with E-state index in [-0.39, 0.29) is 30.3 Å². The number of hydrogen-bond acceptors (Lipinski definition) is 11. The van der Waals surface area contributed by atoms with Crippen LogP contribution in [0.4, 0.5) is 15.4 Å². The number of rotatable bonds is 6. The van der Waals surface area contributed by atoms with Crippen molar-refractivity contribution in [3.63, 3.8) is 0 Å². The van der Waals surface area contributed by atoms with Gasteiger partial charge in [0.15, 0.2) is 11.5 Å². The first-order chi connectivity index (χ1) is 17.9. The van der Waals surface area contributed by atoms with Crippen LogP contribution in [0.5, 0.6) is 0 Å². The molecule has 1 aromatic heterocycles. The van der Waals surface area contributed by atoms with Gasteiger partial charge >= 0.3 is 12.2 Å². The number of aromatic nitrogens is 2.